The Morgan fingerprint density at radius 2 is 2.09 bits per heavy atom. The number of piperidine rings is 1. The van der Waals surface area contributed by atoms with Crippen molar-refractivity contribution in [1.29, 1.82) is 0 Å². The van der Waals surface area contributed by atoms with Gasteiger partial charge in [0.2, 0.25) is 0 Å². The Balaban J connectivity index is 1.97. The van der Waals surface area contributed by atoms with E-state index in [4.69, 9.17) is 5.11 Å². The average Bonchev–Trinajstić information content (AvgIpc) is 2.49. The zero-order chi connectivity index (χ0) is 15.9. The van der Waals surface area contributed by atoms with Gasteiger partial charge in [0.05, 0.1) is 6.42 Å². The van der Waals surface area contributed by atoms with Crippen molar-refractivity contribution in [1.82, 2.24) is 10.2 Å². The number of carbonyl (C=O) groups is 2. The van der Waals surface area contributed by atoms with Gasteiger partial charge in [-0.2, -0.15) is 0 Å². The van der Waals surface area contributed by atoms with E-state index in [0.29, 0.717) is 0 Å². The fourth-order valence-electron chi connectivity index (χ4n) is 2.78. The molecule has 0 spiro atoms. The molecule has 2 N–H and O–H groups in total. The highest BCUT2D eigenvalue weighted by Gasteiger charge is 2.27. The monoisotopic (exact) mass is 368 g/mol. The van der Waals surface area contributed by atoms with Crippen LogP contribution in [0.15, 0.2) is 28.7 Å². The smallest absolute Gasteiger partial charge is 0.317 e. The first kappa shape index (κ1) is 16.8. The normalized spacial score (nSPS) is 18.0. The molecule has 5 nitrogen and oxygen atoms in total. The molecule has 1 aliphatic heterocycles. The van der Waals surface area contributed by atoms with E-state index in [1.54, 1.807) is 0 Å². The number of rotatable bonds is 5. The van der Waals surface area contributed by atoms with Gasteiger partial charge in [0, 0.05) is 23.6 Å². The topological polar surface area (TPSA) is 69.6 Å². The molecule has 120 valence electrons. The summed E-state index contributed by atoms with van der Waals surface area (Å²) < 4.78 is 1.06. The molecule has 1 aliphatic rings. The molecule has 1 aromatic carbocycles. The lowest BCUT2D eigenvalue weighted by Crippen LogP contribution is -2.49. The third-order valence-electron chi connectivity index (χ3n) is 3.92. The van der Waals surface area contributed by atoms with Gasteiger partial charge < -0.3 is 15.3 Å². The van der Waals surface area contributed by atoms with Crippen LogP contribution in [0.25, 0.3) is 0 Å². The van der Waals surface area contributed by atoms with Crippen LogP contribution < -0.4 is 5.32 Å². The summed E-state index contributed by atoms with van der Waals surface area (Å²) in [5.74, 6) is -0.899. The Hall–Kier alpha value is -1.56. The lowest BCUT2D eigenvalue weighted by atomic mass is 9.96. The molecule has 1 atom stereocenters. The molecule has 22 heavy (non-hydrogen) atoms. The van der Waals surface area contributed by atoms with Crippen LogP contribution in [-0.2, 0) is 11.2 Å². The van der Waals surface area contributed by atoms with Gasteiger partial charge in [-0.05, 0) is 37.3 Å². The predicted molar refractivity (Wildman–Crippen MR) is 87.8 cm³/mol. The van der Waals surface area contributed by atoms with E-state index < -0.39 is 5.97 Å². The van der Waals surface area contributed by atoms with Crippen LogP contribution in [0.1, 0.15) is 31.2 Å². The number of hydrogen-bond donors (Lipinski definition) is 2. The van der Waals surface area contributed by atoms with Crippen molar-refractivity contribution in [2.75, 3.05) is 13.1 Å². The molecule has 2 amide bonds. The van der Waals surface area contributed by atoms with Crippen molar-refractivity contribution in [3.8, 4) is 0 Å². The highest BCUT2D eigenvalue weighted by atomic mass is 79.9. The van der Waals surface area contributed by atoms with Crippen molar-refractivity contribution in [3.05, 3.63) is 34.3 Å². The number of carbonyl (C=O) groups excluding carboxylic acids is 1. The summed E-state index contributed by atoms with van der Waals surface area (Å²) in [5, 5.41) is 11.4. The molecule has 0 aliphatic carbocycles. The number of carboxylic acids is 1. The standard InChI is InChI=1S/C16H21BrN2O3/c17-14-7-2-1-5-12(14)11-13-6-3-4-10-19(13)16(22)18-9-8-15(20)21/h1-2,5,7,13H,3-4,6,8-11H2,(H,18,22)(H,20,21). The third-order valence-corrected chi connectivity index (χ3v) is 4.69. The molecule has 6 heteroatoms. The summed E-state index contributed by atoms with van der Waals surface area (Å²) in [6.07, 6.45) is 3.86. The van der Waals surface area contributed by atoms with Crippen LogP contribution in [0.5, 0.6) is 0 Å². The van der Waals surface area contributed by atoms with Crippen molar-refractivity contribution in [2.45, 2.75) is 38.1 Å². The van der Waals surface area contributed by atoms with Crippen molar-refractivity contribution < 1.29 is 14.7 Å². The van der Waals surface area contributed by atoms with E-state index in [1.165, 1.54) is 5.56 Å². The minimum atomic E-state index is -0.899. The highest BCUT2D eigenvalue weighted by Crippen LogP contribution is 2.24. The highest BCUT2D eigenvalue weighted by molar-refractivity contribution is 9.10. The van der Waals surface area contributed by atoms with E-state index in [1.807, 2.05) is 23.1 Å². The first-order chi connectivity index (χ1) is 10.6. The summed E-state index contributed by atoms with van der Waals surface area (Å²) in [4.78, 5) is 24.7. The molecule has 1 unspecified atom stereocenters. The van der Waals surface area contributed by atoms with Crippen LogP contribution in [0.3, 0.4) is 0 Å². The number of nitrogens with zero attached hydrogens (tertiary/aromatic N) is 1. The number of hydrogen-bond acceptors (Lipinski definition) is 2. The molecule has 1 fully saturated rings. The zero-order valence-electron chi connectivity index (χ0n) is 12.4. The van der Waals surface area contributed by atoms with E-state index in [0.717, 1.165) is 36.7 Å². The fourth-order valence-corrected chi connectivity index (χ4v) is 3.22. The Morgan fingerprint density at radius 1 is 1.32 bits per heavy atom. The van der Waals surface area contributed by atoms with Crippen LogP contribution in [0.2, 0.25) is 0 Å². The number of urea groups is 1. The van der Waals surface area contributed by atoms with Gasteiger partial charge >= 0.3 is 12.0 Å². The minimum Gasteiger partial charge on any atom is -0.481 e. The van der Waals surface area contributed by atoms with Crippen molar-refractivity contribution in [2.24, 2.45) is 0 Å². The number of likely N-dealkylation sites (tertiary alicyclic amines) is 1. The van der Waals surface area contributed by atoms with E-state index in [-0.39, 0.29) is 25.0 Å². The van der Waals surface area contributed by atoms with Gasteiger partial charge in [0.15, 0.2) is 0 Å². The quantitative estimate of drug-likeness (QED) is 0.838. The first-order valence-corrected chi connectivity index (χ1v) is 8.37. The second-order valence-corrected chi connectivity index (χ2v) is 6.37. The molecule has 1 saturated heterocycles. The summed E-state index contributed by atoms with van der Waals surface area (Å²) in [6, 6.07) is 8.06. The molecule has 1 heterocycles. The summed E-state index contributed by atoms with van der Waals surface area (Å²) >= 11 is 3.55. The number of benzene rings is 1. The van der Waals surface area contributed by atoms with Gasteiger partial charge in [0.1, 0.15) is 0 Å². The molecular formula is C16H21BrN2O3. The number of halogens is 1. The van der Waals surface area contributed by atoms with Gasteiger partial charge in [-0.3, -0.25) is 4.79 Å². The van der Waals surface area contributed by atoms with Crippen molar-refractivity contribution >= 4 is 27.9 Å². The zero-order valence-corrected chi connectivity index (χ0v) is 14.0. The van der Waals surface area contributed by atoms with Crippen LogP contribution in [0.4, 0.5) is 4.79 Å². The number of nitrogens with one attached hydrogen (secondary N) is 1. The molecule has 2 rings (SSSR count). The molecule has 0 radical (unpaired) electrons. The predicted octanol–water partition coefficient (Wildman–Crippen LogP) is 3.03. The maximum atomic E-state index is 12.3. The molecule has 1 aromatic rings. The Morgan fingerprint density at radius 3 is 2.82 bits per heavy atom. The number of aliphatic carboxylic acids is 1. The van der Waals surface area contributed by atoms with E-state index in [2.05, 4.69) is 27.3 Å². The summed E-state index contributed by atoms with van der Waals surface area (Å²) in [6.45, 7) is 0.903. The molecule has 0 bridgehead atoms. The van der Waals surface area contributed by atoms with Gasteiger partial charge in [-0.25, -0.2) is 4.79 Å². The van der Waals surface area contributed by atoms with Crippen LogP contribution >= 0.6 is 15.9 Å². The van der Waals surface area contributed by atoms with Crippen molar-refractivity contribution in [3.63, 3.8) is 0 Å². The SMILES string of the molecule is O=C(O)CCNC(=O)N1CCCCC1Cc1ccccc1Br. The first-order valence-electron chi connectivity index (χ1n) is 7.57. The van der Waals surface area contributed by atoms with E-state index in [9.17, 15) is 9.59 Å². The second kappa shape index (κ2) is 8.17. The minimum absolute atomic E-state index is 0.0471. The second-order valence-electron chi connectivity index (χ2n) is 5.51. The van der Waals surface area contributed by atoms with Gasteiger partial charge in [-0.1, -0.05) is 34.1 Å². The lowest BCUT2D eigenvalue weighted by Gasteiger charge is -2.36. The number of amides is 2. The lowest BCUT2D eigenvalue weighted by molar-refractivity contribution is -0.136. The van der Waals surface area contributed by atoms with Gasteiger partial charge in [0.25, 0.3) is 0 Å². The Bertz CT molecular complexity index is 536. The van der Waals surface area contributed by atoms with Crippen LogP contribution in [-0.4, -0.2) is 41.1 Å². The Labute approximate surface area is 138 Å². The largest absolute Gasteiger partial charge is 0.481 e. The number of carboxylic acid groups (broad SMARTS) is 1. The maximum Gasteiger partial charge on any atom is 0.317 e. The Kier molecular flexibility index (Phi) is 6.24. The maximum absolute atomic E-state index is 12.3. The molecular weight excluding hydrogens is 348 g/mol. The average molecular weight is 369 g/mol. The van der Waals surface area contributed by atoms with Crippen LogP contribution in [0, 0.1) is 0 Å². The van der Waals surface area contributed by atoms with Gasteiger partial charge in [-0.15, -0.1) is 0 Å². The summed E-state index contributed by atoms with van der Waals surface area (Å²) in [7, 11) is 0. The summed E-state index contributed by atoms with van der Waals surface area (Å²) in [5.41, 5.74) is 1.19. The fraction of sp³-hybridized carbons (Fsp3) is 0.500. The third kappa shape index (κ3) is 4.73. The molecule has 0 saturated carbocycles. The molecule has 0 aromatic heterocycles. The van der Waals surface area contributed by atoms with E-state index >= 15 is 0 Å².